The fraction of sp³-hybridized carbons (Fsp3) is 0.556. The summed E-state index contributed by atoms with van der Waals surface area (Å²) in [6.45, 7) is 3.97. The van der Waals surface area contributed by atoms with E-state index < -0.39 is 0 Å². The summed E-state index contributed by atoms with van der Waals surface area (Å²) in [7, 11) is 0. The molecule has 0 spiro atoms. The predicted molar refractivity (Wildman–Crippen MR) is 79.2 cm³/mol. The molecule has 2 aliphatic rings. The van der Waals surface area contributed by atoms with Crippen LogP contribution in [0.2, 0.25) is 0 Å². The lowest BCUT2D eigenvalue weighted by Gasteiger charge is -2.41. The summed E-state index contributed by atoms with van der Waals surface area (Å²) in [5, 5.41) is 9.39. The van der Waals surface area contributed by atoms with Gasteiger partial charge in [0.2, 0.25) is 0 Å². The molecule has 0 aliphatic heterocycles. The van der Waals surface area contributed by atoms with Crippen LogP contribution in [0, 0.1) is 17.8 Å². The fourth-order valence-corrected chi connectivity index (χ4v) is 4.19. The number of hydrogen-bond donors (Lipinski definition) is 1. The van der Waals surface area contributed by atoms with Gasteiger partial charge in [0.05, 0.1) is 0 Å². The molecule has 2 aliphatic carbocycles. The number of rotatable bonds is 2. The van der Waals surface area contributed by atoms with Crippen LogP contribution in [-0.2, 0) is 0 Å². The Balaban J connectivity index is 1.66. The summed E-state index contributed by atoms with van der Waals surface area (Å²) in [6.07, 6.45) is 10.3. The Morgan fingerprint density at radius 1 is 0.947 bits per heavy atom. The van der Waals surface area contributed by atoms with Crippen LogP contribution < -0.4 is 0 Å². The van der Waals surface area contributed by atoms with E-state index in [4.69, 9.17) is 0 Å². The zero-order chi connectivity index (χ0) is 13.2. The molecule has 1 unspecified atom stereocenters. The van der Waals surface area contributed by atoms with Crippen molar-refractivity contribution >= 4 is 0 Å². The molecule has 2 fully saturated rings. The average molecular weight is 256 g/mol. The molecular weight excluding hydrogens is 232 g/mol. The Hall–Kier alpha value is -1.24. The molecular formula is C18H24O. The zero-order valence-electron chi connectivity index (χ0n) is 11.6. The predicted octanol–water partition coefficient (Wildman–Crippen LogP) is 4.88. The van der Waals surface area contributed by atoms with Gasteiger partial charge in [-0.2, -0.15) is 0 Å². The van der Waals surface area contributed by atoms with Crippen LogP contribution in [0.3, 0.4) is 0 Å². The molecule has 102 valence electrons. The van der Waals surface area contributed by atoms with Crippen LogP contribution >= 0.6 is 0 Å². The van der Waals surface area contributed by atoms with E-state index in [-0.39, 0.29) is 0 Å². The molecule has 1 heteroatoms. The van der Waals surface area contributed by atoms with Gasteiger partial charge in [0.15, 0.2) is 0 Å². The number of phenolic OH excluding ortho intramolecular Hbond substituents is 1. The molecule has 0 amide bonds. The van der Waals surface area contributed by atoms with E-state index in [1.54, 1.807) is 0 Å². The van der Waals surface area contributed by atoms with Crippen LogP contribution in [0.5, 0.6) is 5.75 Å². The quantitative estimate of drug-likeness (QED) is 0.748. The van der Waals surface area contributed by atoms with E-state index in [1.807, 2.05) is 12.1 Å². The van der Waals surface area contributed by atoms with Crippen LogP contribution in [-0.4, -0.2) is 5.11 Å². The number of aromatic hydroxyl groups is 1. The van der Waals surface area contributed by atoms with Gasteiger partial charge >= 0.3 is 0 Å². The van der Waals surface area contributed by atoms with Gasteiger partial charge in [0.25, 0.3) is 0 Å². The van der Waals surface area contributed by atoms with Crippen molar-refractivity contribution in [3.8, 4) is 5.75 Å². The molecule has 0 bridgehead atoms. The highest BCUT2D eigenvalue weighted by Gasteiger charge is 2.35. The van der Waals surface area contributed by atoms with Crippen LogP contribution in [0.25, 0.3) is 0 Å². The third-order valence-electron chi connectivity index (χ3n) is 5.35. The summed E-state index contributed by atoms with van der Waals surface area (Å²) in [5.74, 6) is 3.71. The molecule has 1 aromatic carbocycles. The van der Waals surface area contributed by atoms with E-state index >= 15 is 0 Å². The van der Waals surface area contributed by atoms with Crippen molar-refractivity contribution in [2.75, 3.05) is 0 Å². The van der Waals surface area contributed by atoms with Gasteiger partial charge in [-0.15, -0.1) is 6.58 Å². The first kappa shape index (κ1) is 12.8. The van der Waals surface area contributed by atoms with E-state index in [0.717, 1.165) is 17.8 Å². The maximum absolute atomic E-state index is 9.39. The van der Waals surface area contributed by atoms with Crippen LogP contribution in [0.1, 0.15) is 50.0 Å². The third-order valence-corrected chi connectivity index (χ3v) is 5.35. The number of phenols is 1. The summed E-state index contributed by atoms with van der Waals surface area (Å²) in [6, 6.07) is 7.87. The van der Waals surface area contributed by atoms with E-state index in [0.29, 0.717) is 11.7 Å². The lowest BCUT2D eigenvalue weighted by molar-refractivity contribution is 0.133. The van der Waals surface area contributed by atoms with Crippen molar-refractivity contribution in [2.45, 2.75) is 44.4 Å². The highest BCUT2D eigenvalue weighted by Crippen LogP contribution is 2.47. The van der Waals surface area contributed by atoms with Crippen molar-refractivity contribution in [1.82, 2.24) is 0 Å². The van der Waals surface area contributed by atoms with E-state index in [9.17, 15) is 5.11 Å². The molecule has 0 heterocycles. The Morgan fingerprint density at radius 3 is 2.37 bits per heavy atom. The second-order valence-electron chi connectivity index (χ2n) is 6.43. The van der Waals surface area contributed by atoms with Gasteiger partial charge in [-0.1, -0.05) is 18.2 Å². The molecule has 0 saturated heterocycles. The largest absolute Gasteiger partial charge is 0.508 e. The minimum absolute atomic E-state index is 0.379. The molecule has 1 N–H and O–H groups in total. The molecule has 4 atom stereocenters. The van der Waals surface area contributed by atoms with Gasteiger partial charge in [-0.25, -0.2) is 0 Å². The van der Waals surface area contributed by atoms with Crippen molar-refractivity contribution in [2.24, 2.45) is 17.8 Å². The summed E-state index contributed by atoms with van der Waals surface area (Å²) in [4.78, 5) is 0. The molecule has 1 nitrogen and oxygen atoms in total. The number of benzene rings is 1. The molecule has 0 radical (unpaired) electrons. The van der Waals surface area contributed by atoms with Crippen molar-refractivity contribution in [3.05, 3.63) is 42.5 Å². The maximum Gasteiger partial charge on any atom is 0.115 e. The maximum atomic E-state index is 9.39. The standard InChI is InChI=1S/C18H24O/c1-2-13-3-4-17-12-16(6-5-15(17)11-13)14-7-9-18(19)10-8-14/h2,7-10,13,15-17,19H,1,3-6,11-12H2/t13-,15-,16?,17-/m1/s1. The Labute approximate surface area is 116 Å². The first-order valence-electron chi connectivity index (χ1n) is 7.67. The highest BCUT2D eigenvalue weighted by atomic mass is 16.3. The van der Waals surface area contributed by atoms with E-state index in [1.165, 1.54) is 44.1 Å². The van der Waals surface area contributed by atoms with Gasteiger partial charge in [-0.05, 0) is 79.9 Å². The normalized spacial score (nSPS) is 34.5. The number of hydrogen-bond acceptors (Lipinski definition) is 1. The van der Waals surface area contributed by atoms with Gasteiger partial charge in [0.1, 0.15) is 5.75 Å². The molecule has 19 heavy (non-hydrogen) atoms. The highest BCUT2D eigenvalue weighted by molar-refractivity contribution is 5.28. The van der Waals surface area contributed by atoms with Gasteiger partial charge < -0.3 is 5.11 Å². The number of allylic oxidation sites excluding steroid dienone is 1. The lowest BCUT2D eigenvalue weighted by atomic mass is 9.64. The van der Waals surface area contributed by atoms with Crippen LogP contribution in [0.15, 0.2) is 36.9 Å². The Bertz CT molecular complexity index is 434. The van der Waals surface area contributed by atoms with Crippen molar-refractivity contribution in [1.29, 1.82) is 0 Å². The third kappa shape index (κ3) is 2.70. The number of fused-ring (bicyclic) bond motifs is 1. The second-order valence-corrected chi connectivity index (χ2v) is 6.43. The lowest BCUT2D eigenvalue weighted by Crippen LogP contribution is -2.29. The Kier molecular flexibility index (Phi) is 3.63. The van der Waals surface area contributed by atoms with Crippen molar-refractivity contribution in [3.63, 3.8) is 0 Å². The summed E-state index contributed by atoms with van der Waals surface area (Å²) in [5.41, 5.74) is 1.42. The smallest absolute Gasteiger partial charge is 0.115 e. The summed E-state index contributed by atoms with van der Waals surface area (Å²) >= 11 is 0. The van der Waals surface area contributed by atoms with Gasteiger partial charge in [0, 0.05) is 0 Å². The van der Waals surface area contributed by atoms with Gasteiger partial charge in [-0.3, -0.25) is 0 Å². The molecule has 0 aromatic heterocycles. The SMILES string of the molecule is C=C[C@@H]1CC[C@@H]2CC(c3ccc(O)cc3)CC[C@@H]2C1. The van der Waals surface area contributed by atoms with Crippen molar-refractivity contribution < 1.29 is 5.11 Å². The molecule has 1 aromatic rings. The zero-order valence-corrected chi connectivity index (χ0v) is 11.6. The minimum atomic E-state index is 0.379. The molecule has 2 saturated carbocycles. The first-order chi connectivity index (χ1) is 9.26. The molecule has 3 rings (SSSR count). The summed E-state index contributed by atoms with van der Waals surface area (Å²) < 4.78 is 0. The Morgan fingerprint density at radius 2 is 1.63 bits per heavy atom. The second kappa shape index (κ2) is 5.40. The monoisotopic (exact) mass is 256 g/mol. The topological polar surface area (TPSA) is 20.2 Å². The van der Waals surface area contributed by atoms with E-state index in [2.05, 4.69) is 24.8 Å². The average Bonchev–Trinajstić information content (AvgIpc) is 2.47. The fourth-order valence-electron chi connectivity index (χ4n) is 4.19. The minimum Gasteiger partial charge on any atom is -0.508 e. The van der Waals surface area contributed by atoms with Crippen LogP contribution in [0.4, 0.5) is 0 Å². The first-order valence-corrected chi connectivity index (χ1v) is 7.67.